The number of nitrogens with one attached hydrogen (secondary N) is 1. The molecule has 1 aliphatic heterocycles. The van der Waals surface area contributed by atoms with Gasteiger partial charge in [-0.25, -0.2) is 8.42 Å². The van der Waals surface area contributed by atoms with Gasteiger partial charge >= 0.3 is 0 Å². The van der Waals surface area contributed by atoms with Gasteiger partial charge in [-0.05, 0) is 19.3 Å². The van der Waals surface area contributed by atoms with Gasteiger partial charge in [-0.2, -0.15) is 0 Å². The van der Waals surface area contributed by atoms with E-state index < -0.39 is 9.84 Å². The van der Waals surface area contributed by atoms with Crippen LogP contribution in [-0.4, -0.2) is 37.0 Å². The molecule has 1 aromatic rings. The van der Waals surface area contributed by atoms with E-state index in [0.29, 0.717) is 12.8 Å². The highest BCUT2D eigenvalue weighted by atomic mass is 32.2. The molecule has 0 unspecified atom stereocenters. The van der Waals surface area contributed by atoms with Crippen LogP contribution in [0.3, 0.4) is 0 Å². The first-order valence-electron chi connectivity index (χ1n) is 6.89. The molecule has 6 nitrogen and oxygen atoms in total. The molecular weight excluding hydrogens is 280 g/mol. The lowest BCUT2D eigenvalue weighted by Crippen LogP contribution is -2.40. The summed E-state index contributed by atoms with van der Waals surface area (Å²) < 4.78 is 27.7. The van der Waals surface area contributed by atoms with Gasteiger partial charge in [0, 0.05) is 18.0 Å². The predicted octanol–water partition coefficient (Wildman–Crippen LogP) is 1.50. The summed E-state index contributed by atoms with van der Waals surface area (Å²) in [6.07, 6.45) is 1.84. The second-order valence-electron chi connectivity index (χ2n) is 5.32. The summed E-state index contributed by atoms with van der Waals surface area (Å²) in [5.74, 6) is 0.379. The predicted molar refractivity (Wildman–Crippen MR) is 74.4 cm³/mol. The minimum atomic E-state index is -2.91. The fourth-order valence-electron chi connectivity index (χ4n) is 2.13. The molecule has 1 saturated heterocycles. The summed E-state index contributed by atoms with van der Waals surface area (Å²) in [5.41, 5.74) is 0.767. The average molecular weight is 300 g/mol. The highest BCUT2D eigenvalue weighted by Gasteiger charge is 2.26. The van der Waals surface area contributed by atoms with E-state index in [1.807, 2.05) is 13.8 Å². The molecule has 1 aromatic heterocycles. The number of carbonyl (C=O) groups excluding carboxylic acids is 1. The van der Waals surface area contributed by atoms with E-state index in [0.717, 1.165) is 12.1 Å². The standard InChI is InChI=1S/C13H20N2O4S/c1-3-9(2)11-8-12(19-15-11)13(16)14-10-4-6-20(17,18)7-5-10/h8-10H,3-7H2,1-2H3,(H,14,16)/t9-/m0/s1. The topological polar surface area (TPSA) is 89.3 Å². The number of nitrogens with zero attached hydrogens (tertiary/aromatic N) is 1. The van der Waals surface area contributed by atoms with Crippen LogP contribution in [0.15, 0.2) is 10.6 Å². The summed E-state index contributed by atoms with van der Waals surface area (Å²) in [5, 5.41) is 6.70. The van der Waals surface area contributed by atoms with Gasteiger partial charge in [0.2, 0.25) is 5.76 Å². The highest BCUT2D eigenvalue weighted by Crippen LogP contribution is 2.19. The van der Waals surface area contributed by atoms with E-state index in [9.17, 15) is 13.2 Å². The van der Waals surface area contributed by atoms with Crippen LogP contribution in [0.4, 0.5) is 0 Å². The quantitative estimate of drug-likeness (QED) is 0.910. The largest absolute Gasteiger partial charge is 0.351 e. The third kappa shape index (κ3) is 3.59. The summed E-state index contributed by atoms with van der Waals surface area (Å²) >= 11 is 0. The first-order valence-corrected chi connectivity index (χ1v) is 8.71. The van der Waals surface area contributed by atoms with Gasteiger partial charge in [0.1, 0.15) is 9.84 Å². The normalized spacial score (nSPS) is 20.5. The molecule has 0 saturated carbocycles. The first kappa shape index (κ1) is 15.0. The van der Waals surface area contributed by atoms with Gasteiger partial charge in [0.25, 0.3) is 5.91 Å². The number of hydrogen-bond donors (Lipinski definition) is 1. The molecule has 0 aliphatic carbocycles. The molecule has 1 amide bonds. The van der Waals surface area contributed by atoms with Gasteiger partial charge in [-0.3, -0.25) is 4.79 Å². The summed E-state index contributed by atoms with van der Waals surface area (Å²) in [6, 6.07) is 1.55. The molecule has 20 heavy (non-hydrogen) atoms. The van der Waals surface area contributed by atoms with Gasteiger partial charge in [0.05, 0.1) is 17.2 Å². The van der Waals surface area contributed by atoms with Crippen molar-refractivity contribution in [3.63, 3.8) is 0 Å². The van der Waals surface area contributed by atoms with Crippen molar-refractivity contribution in [3.8, 4) is 0 Å². The molecule has 2 heterocycles. The van der Waals surface area contributed by atoms with Gasteiger partial charge < -0.3 is 9.84 Å². The van der Waals surface area contributed by atoms with Gasteiger partial charge in [-0.1, -0.05) is 19.0 Å². The number of carbonyl (C=O) groups is 1. The minimum absolute atomic E-state index is 0.108. The number of rotatable bonds is 4. The molecule has 1 atom stereocenters. The maximum atomic E-state index is 12.0. The van der Waals surface area contributed by atoms with Crippen LogP contribution in [0.2, 0.25) is 0 Å². The SMILES string of the molecule is CC[C@H](C)c1cc(C(=O)NC2CCS(=O)(=O)CC2)on1. The van der Waals surface area contributed by atoms with Crippen molar-refractivity contribution >= 4 is 15.7 Å². The van der Waals surface area contributed by atoms with Crippen molar-refractivity contribution in [2.75, 3.05) is 11.5 Å². The van der Waals surface area contributed by atoms with Crippen LogP contribution in [0.5, 0.6) is 0 Å². The number of aromatic nitrogens is 1. The molecule has 112 valence electrons. The average Bonchev–Trinajstić information content (AvgIpc) is 2.90. The zero-order chi connectivity index (χ0) is 14.8. The molecule has 1 aliphatic rings. The Bertz CT molecular complexity index is 565. The summed E-state index contributed by atoms with van der Waals surface area (Å²) in [4.78, 5) is 12.0. The van der Waals surface area contributed by atoms with Crippen molar-refractivity contribution in [2.45, 2.75) is 45.1 Å². The third-order valence-corrected chi connectivity index (χ3v) is 5.47. The van der Waals surface area contributed by atoms with Crippen molar-refractivity contribution in [1.82, 2.24) is 10.5 Å². The Morgan fingerprint density at radius 3 is 2.75 bits per heavy atom. The fourth-order valence-corrected chi connectivity index (χ4v) is 3.62. The molecule has 2 rings (SSSR count). The molecule has 7 heteroatoms. The smallest absolute Gasteiger partial charge is 0.290 e. The number of hydrogen-bond acceptors (Lipinski definition) is 5. The molecule has 1 fully saturated rings. The van der Waals surface area contributed by atoms with Crippen LogP contribution in [0, 0.1) is 0 Å². The molecule has 0 radical (unpaired) electrons. The highest BCUT2D eigenvalue weighted by molar-refractivity contribution is 7.91. The van der Waals surface area contributed by atoms with Crippen LogP contribution in [0.25, 0.3) is 0 Å². The molecule has 0 spiro atoms. The molecule has 1 N–H and O–H groups in total. The second kappa shape index (κ2) is 5.95. The number of sulfone groups is 1. The van der Waals surface area contributed by atoms with Gasteiger partial charge in [0.15, 0.2) is 0 Å². The summed E-state index contributed by atoms with van der Waals surface area (Å²) in [7, 11) is -2.91. The Labute approximate surface area is 118 Å². The van der Waals surface area contributed by atoms with Crippen molar-refractivity contribution in [1.29, 1.82) is 0 Å². The first-order chi connectivity index (χ1) is 9.41. The third-order valence-electron chi connectivity index (χ3n) is 3.76. The van der Waals surface area contributed by atoms with Crippen LogP contribution >= 0.6 is 0 Å². The van der Waals surface area contributed by atoms with E-state index in [1.54, 1.807) is 6.07 Å². The van der Waals surface area contributed by atoms with Crippen molar-refractivity contribution in [3.05, 3.63) is 17.5 Å². The monoisotopic (exact) mass is 300 g/mol. The Morgan fingerprint density at radius 1 is 1.50 bits per heavy atom. The van der Waals surface area contributed by atoms with Crippen LogP contribution < -0.4 is 5.32 Å². The zero-order valence-electron chi connectivity index (χ0n) is 11.8. The van der Waals surface area contributed by atoms with E-state index in [1.165, 1.54) is 0 Å². The molecule has 0 bridgehead atoms. The zero-order valence-corrected chi connectivity index (χ0v) is 12.6. The van der Waals surface area contributed by atoms with Crippen molar-refractivity contribution < 1.29 is 17.7 Å². The Morgan fingerprint density at radius 2 is 2.15 bits per heavy atom. The van der Waals surface area contributed by atoms with E-state index >= 15 is 0 Å². The van der Waals surface area contributed by atoms with Crippen LogP contribution in [0.1, 0.15) is 55.3 Å². The van der Waals surface area contributed by atoms with E-state index in [2.05, 4.69) is 10.5 Å². The molecular formula is C13H20N2O4S. The van der Waals surface area contributed by atoms with Crippen LogP contribution in [-0.2, 0) is 9.84 Å². The maximum Gasteiger partial charge on any atom is 0.290 e. The van der Waals surface area contributed by atoms with E-state index in [4.69, 9.17) is 4.52 Å². The maximum absolute atomic E-state index is 12.0. The summed E-state index contributed by atoms with van der Waals surface area (Å²) in [6.45, 7) is 4.06. The minimum Gasteiger partial charge on any atom is -0.351 e. The van der Waals surface area contributed by atoms with Crippen molar-refractivity contribution in [2.24, 2.45) is 0 Å². The lowest BCUT2D eigenvalue weighted by atomic mass is 10.1. The second-order valence-corrected chi connectivity index (χ2v) is 7.63. The Kier molecular flexibility index (Phi) is 4.47. The molecule has 0 aromatic carbocycles. The Hall–Kier alpha value is -1.37. The number of amides is 1. The lowest BCUT2D eigenvalue weighted by molar-refractivity contribution is 0.0896. The lowest BCUT2D eigenvalue weighted by Gasteiger charge is -2.22. The van der Waals surface area contributed by atoms with E-state index in [-0.39, 0.29) is 35.1 Å². The fraction of sp³-hybridized carbons (Fsp3) is 0.692. The Balaban J connectivity index is 1.94. The van der Waals surface area contributed by atoms with Gasteiger partial charge in [-0.15, -0.1) is 0 Å².